The number of nitrogens with zero attached hydrogens (tertiary/aromatic N) is 1. The quantitative estimate of drug-likeness (QED) is 0.820. The molecule has 152 valence electrons. The van der Waals surface area contributed by atoms with Crippen molar-refractivity contribution in [2.45, 2.75) is 71.1 Å². The Morgan fingerprint density at radius 1 is 1.39 bits per heavy atom. The van der Waals surface area contributed by atoms with Crippen molar-refractivity contribution in [3.63, 3.8) is 0 Å². The molecule has 0 aliphatic heterocycles. The van der Waals surface area contributed by atoms with Gasteiger partial charge < -0.3 is 19.7 Å². The topological polar surface area (TPSA) is 80.6 Å². The normalized spacial score (nSPS) is 17.8. The molecule has 7 heteroatoms. The maximum Gasteiger partial charge on any atom is 0.407 e. The number of fused-ring (bicyclic) bond motifs is 3. The van der Waals surface area contributed by atoms with Crippen molar-refractivity contribution in [2.24, 2.45) is 0 Å². The number of alkyl carbamates (subject to hydrolysis) is 1. The number of carboxylic acid groups (broad SMARTS) is 1. The van der Waals surface area contributed by atoms with Crippen LogP contribution in [0.4, 0.5) is 9.18 Å². The summed E-state index contributed by atoms with van der Waals surface area (Å²) in [6, 6.07) is 3.61. The van der Waals surface area contributed by atoms with Crippen LogP contribution in [0.25, 0.3) is 10.9 Å². The van der Waals surface area contributed by atoms with E-state index >= 15 is 0 Å². The summed E-state index contributed by atoms with van der Waals surface area (Å²) in [5.41, 5.74) is 1.95. The van der Waals surface area contributed by atoms with E-state index in [4.69, 9.17) is 4.74 Å². The van der Waals surface area contributed by atoms with Gasteiger partial charge in [0.2, 0.25) is 0 Å². The number of benzene rings is 1. The molecule has 1 unspecified atom stereocenters. The third-order valence-electron chi connectivity index (χ3n) is 5.07. The van der Waals surface area contributed by atoms with Gasteiger partial charge in [-0.05, 0) is 70.2 Å². The Bertz CT molecular complexity index is 913. The van der Waals surface area contributed by atoms with Crippen molar-refractivity contribution < 1.29 is 23.8 Å². The highest BCUT2D eigenvalue weighted by molar-refractivity contribution is 5.88. The number of hydrogen-bond acceptors (Lipinski definition) is 3. The van der Waals surface area contributed by atoms with E-state index in [1.165, 1.54) is 12.1 Å². The van der Waals surface area contributed by atoms with Crippen molar-refractivity contribution >= 4 is 23.0 Å². The summed E-state index contributed by atoms with van der Waals surface area (Å²) in [6.45, 7) is 7.24. The molecule has 1 aromatic carbocycles. The van der Waals surface area contributed by atoms with Gasteiger partial charge in [-0.2, -0.15) is 0 Å². The number of aromatic nitrogens is 1. The van der Waals surface area contributed by atoms with Crippen molar-refractivity contribution in [1.82, 2.24) is 9.88 Å². The highest BCUT2D eigenvalue weighted by atomic mass is 19.1. The van der Waals surface area contributed by atoms with Crippen molar-refractivity contribution in [3.8, 4) is 0 Å². The maximum atomic E-state index is 13.9. The van der Waals surface area contributed by atoms with E-state index < -0.39 is 23.7 Å². The molecule has 2 N–H and O–H groups in total. The Labute approximate surface area is 163 Å². The van der Waals surface area contributed by atoms with E-state index in [1.54, 1.807) is 26.8 Å². The Kier molecular flexibility index (Phi) is 5.37. The van der Waals surface area contributed by atoms with E-state index in [0.29, 0.717) is 31.1 Å². The molecule has 0 saturated carbocycles. The summed E-state index contributed by atoms with van der Waals surface area (Å²) in [5.74, 6) is -1.27. The van der Waals surface area contributed by atoms with E-state index in [1.807, 2.05) is 11.5 Å². The van der Waals surface area contributed by atoms with Gasteiger partial charge in [-0.1, -0.05) is 6.92 Å². The molecule has 1 aliphatic carbocycles. The molecule has 0 saturated heterocycles. The number of amides is 1. The minimum Gasteiger partial charge on any atom is -0.480 e. The van der Waals surface area contributed by atoms with Crippen LogP contribution in [-0.4, -0.2) is 33.4 Å². The average Bonchev–Trinajstić information content (AvgIpc) is 2.87. The van der Waals surface area contributed by atoms with Gasteiger partial charge in [-0.25, -0.2) is 14.0 Å². The molecule has 6 nitrogen and oxygen atoms in total. The van der Waals surface area contributed by atoms with Crippen LogP contribution in [0.15, 0.2) is 18.2 Å². The molecular weight excluding hydrogens is 363 g/mol. The summed E-state index contributed by atoms with van der Waals surface area (Å²) in [6.07, 6.45) is 1.74. The standard InChI is InChI=1S/C21H27FN2O4/c1-5-16(19(25)26)24-17-8-6-12(22)10-14(17)15-11-13(7-9-18(15)24)23-20(27)28-21(2,3)4/h6,8,10,13,16H,5,7,9,11H2,1-4H3,(H,23,27)(H,25,26)/t13-,16?/m1/s1. The first kappa shape index (κ1) is 20.2. The first-order valence-corrected chi connectivity index (χ1v) is 9.64. The lowest BCUT2D eigenvalue weighted by Crippen LogP contribution is -2.42. The zero-order chi connectivity index (χ0) is 20.6. The van der Waals surface area contributed by atoms with Crippen molar-refractivity contribution in [3.05, 3.63) is 35.3 Å². The number of nitrogens with one attached hydrogen (secondary N) is 1. The SMILES string of the molecule is CCC(C(=O)O)n1c2c(c3cc(F)ccc31)C[C@H](NC(=O)OC(C)(C)C)CC2. The lowest BCUT2D eigenvalue weighted by Gasteiger charge is -2.28. The molecule has 2 aromatic rings. The molecule has 3 rings (SSSR count). The number of hydrogen-bond donors (Lipinski definition) is 2. The lowest BCUT2D eigenvalue weighted by atomic mass is 9.91. The number of carbonyl (C=O) groups is 2. The summed E-state index contributed by atoms with van der Waals surface area (Å²) in [7, 11) is 0. The molecule has 1 aliphatic rings. The Hall–Kier alpha value is -2.57. The van der Waals surface area contributed by atoms with Crippen LogP contribution >= 0.6 is 0 Å². The van der Waals surface area contributed by atoms with E-state index in [9.17, 15) is 19.1 Å². The fourth-order valence-corrected chi connectivity index (χ4v) is 3.99. The second-order valence-electron chi connectivity index (χ2n) is 8.30. The number of aliphatic carboxylic acids is 1. The minimum atomic E-state index is -0.902. The van der Waals surface area contributed by atoms with Crippen molar-refractivity contribution in [1.29, 1.82) is 0 Å². The van der Waals surface area contributed by atoms with E-state index in [0.717, 1.165) is 16.8 Å². The summed E-state index contributed by atoms with van der Waals surface area (Å²) in [4.78, 5) is 23.9. The average molecular weight is 390 g/mol. The molecule has 1 amide bonds. The number of ether oxygens (including phenoxy) is 1. The predicted molar refractivity (Wildman–Crippen MR) is 104 cm³/mol. The molecule has 0 bridgehead atoms. The third-order valence-corrected chi connectivity index (χ3v) is 5.07. The second-order valence-corrected chi connectivity index (χ2v) is 8.30. The largest absolute Gasteiger partial charge is 0.480 e. The van der Waals surface area contributed by atoms with Gasteiger partial charge in [-0.3, -0.25) is 0 Å². The van der Waals surface area contributed by atoms with Crippen LogP contribution in [0.5, 0.6) is 0 Å². The lowest BCUT2D eigenvalue weighted by molar-refractivity contribution is -0.140. The van der Waals surface area contributed by atoms with Crippen LogP contribution in [0.3, 0.4) is 0 Å². The number of carboxylic acids is 1. The van der Waals surface area contributed by atoms with Crippen LogP contribution in [-0.2, 0) is 22.4 Å². The third kappa shape index (κ3) is 3.98. The minimum absolute atomic E-state index is 0.144. The zero-order valence-corrected chi connectivity index (χ0v) is 16.7. The van der Waals surface area contributed by atoms with Crippen LogP contribution in [0.1, 0.15) is 57.8 Å². The van der Waals surface area contributed by atoms with Crippen LogP contribution < -0.4 is 5.32 Å². The van der Waals surface area contributed by atoms with Crippen molar-refractivity contribution in [2.75, 3.05) is 0 Å². The molecular formula is C21H27FN2O4. The van der Waals surface area contributed by atoms with Gasteiger partial charge in [-0.15, -0.1) is 0 Å². The number of rotatable bonds is 4. The molecule has 1 heterocycles. The monoisotopic (exact) mass is 390 g/mol. The Morgan fingerprint density at radius 3 is 2.71 bits per heavy atom. The first-order chi connectivity index (χ1) is 13.1. The predicted octanol–water partition coefficient (Wildman–Crippen LogP) is 4.20. The van der Waals surface area contributed by atoms with E-state index in [-0.39, 0.29) is 11.9 Å². The Balaban J connectivity index is 1.98. The fourth-order valence-electron chi connectivity index (χ4n) is 3.99. The van der Waals surface area contributed by atoms with Gasteiger partial charge >= 0.3 is 12.1 Å². The zero-order valence-electron chi connectivity index (χ0n) is 16.7. The highest BCUT2D eigenvalue weighted by Gasteiger charge is 2.31. The van der Waals surface area contributed by atoms with Crippen LogP contribution in [0, 0.1) is 5.82 Å². The second kappa shape index (κ2) is 7.45. The molecule has 2 atom stereocenters. The number of carbonyl (C=O) groups excluding carboxylic acids is 1. The van der Waals surface area contributed by atoms with Gasteiger partial charge in [0.25, 0.3) is 0 Å². The summed E-state index contributed by atoms with van der Waals surface area (Å²) < 4.78 is 21.1. The molecule has 0 radical (unpaired) electrons. The smallest absolute Gasteiger partial charge is 0.407 e. The molecule has 0 spiro atoms. The molecule has 0 fully saturated rings. The van der Waals surface area contributed by atoms with Gasteiger partial charge in [0.1, 0.15) is 17.5 Å². The van der Waals surface area contributed by atoms with Gasteiger partial charge in [0.15, 0.2) is 0 Å². The van der Waals surface area contributed by atoms with E-state index in [2.05, 4.69) is 5.32 Å². The summed E-state index contributed by atoms with van der Waals surface area (Å²) >= 11 is 0. The first-order valence-electron chi connectivity index (χ1n) is 9.64. The van der Waals surface area contributed by atoms with Gasteiger partial charge in [0, 0.05) is 22.6 Å². The highest BCUT2D eigenvalue weighted by Crippen LogP contribution is 2.36. The maximum absolute atomic E-state index is 13.9. The Morgan fingerprint density at radius 2 is 2.11 bits per heavy atom. The molecule has 28 heavy (non-hydrogen) atoms. The summed E-state index contributed by atoms with van der Waals surface area (Å²) in [5, 5.41) is 13.3. The van der Waals surface area contributed by atoms with Gasteiger partial charge in [0.05, 0.1) is 0 Å². The van der Waals surface area contributed by atoms with Crippen LogP contribution in [0.2, 0.25) is 0 Å². The number of halogens is 1. The fraction of sp³-hybridized carbons (Fsp3) is 0.524. The molecule has 1 aromatic heterocycles.